The van der Waals surface area contributed by atoms with Crippen LogP contribution in [0.4, 0.5) is 11.4 Å². The second-order valence-corrected chi connectivity index (χ2v) is 6.14. The number of amides is 1. The first-order valence-electron chi connectivity index (χ1n) is 6.96. The van der Waals surface area contributed by atoms with E-state index in [0.717, 1.165) is 34.3 Å². The molecule has 1 aromatic carbocycles. The molecule has 3 N–H and O–H groups in total. The van der Waals surface area contributed by atoms with Crippen molar-refractivity contribution in [3.63, 3.8) is 0 Å². The molecule has 0 bridgehead atoms. The van der Waals surface area contributed by atoms with Crippen molar-refractivity contribution in [1.82, 2.24) is 4.57 Å². The zero-order valence-electron chi connectivity index (χ0n) is 12.5. The third-order valence-electron chi connectivity index (χ3n) is 3.35. The Hall–Kier alpha value is -1.75. The smallest absolute Gasteiger partial charge is 0.272 e. The summed E-state index contributed by atoms with van der Waals surface area (Å²) < 4.78 is 2.91. The molecule has 2 rings (SSSR count). The first-order chi connectivity index (χ1) is 9.92. The summed E-state index contributed by atoms with van der Waals surface area (Å²) in [5, 5.41) is 3.00. The van der Waals surface area contributed by atoms with Crippen LogP contribution in [0.3, 0.4) is 0 Å². The summed E-state index contributed by atoms with van der Waals surface area (Å²) in [7, 11) is 0. The predicted molar refractivity (Wildman–Crippen MR) is 90.7 cm³/mol. The van der Waals surface area contributed by atoms with E-state index in [1.165, 1.54) is 0 Å². The number of nitrogens with zero attached hydrogens (tertiary/aromatic N) is 1. The van der Waals surface area contributed by atoms with Gasteiger partial charge in [0, 0.05) is 22.9 Å². The van der Waals surface area contributed by atoms with Gasteiger partial charge >= 0.3 is 0 Å². The second kappa shape index (κ2) is 6.35. The lowest BCUT2D eigenvalue weighted by Crippen LogP contribution is -2.18. The number of hydrogen-bond acceptors (Lipinski definition) is 2. The van der Waals surface area contributed by atoms with Gasteiger partial charge in [-0.05, 0) is 49.6 Å². The highest BCUT2D eigenvalue weighted by molar-refractivity contribution is 9.10. The first-order valence-corrected chi connectivity index (χ1v) is 7.75. The maximum absolute atomic E-state index is 12.5. The summed E-state index contributed by atoms with van der Waals surface area (Å²) in [6.45, 7) is 6.80. The number of hydrogen-bond donors (Lipinski definition) is 2. The third kappa shape index (κ3) is 3.47. The Labute approximate surface area is 133 Å². The van der Waals surface area contributed by atoms with Crippen molar-refractivity contribution in [1.29, 1.82) is 0 Å². The molecule has 0 unspecified atom stereocenters. The molecule has 1 heterocycles. The molecule has 0 aliphatic heterocycles. The molecule has 1 aromatic heterocycles. The molecule has 21 heavy (non-hydrogen) atoms. The van der Waals surface area contributed by atoms with Crippen LogP contribution in [0.5, 0.6) is 0 Å². The molecule has 5 heteroatoms. The van der Waals surface area contributed by atoms with Crippen molar-refractivity contribution in [2.45, 2.75) is 33.7 Å². The van der Waals surface area contributed by atoms with Crippen molar-refractivity contribution in [3.05, 3.63) is 45.7 Å². The zero-order chi connectivity index (χ0) is 15.6. The van der Waals surface area contributed by atoms with Crippen LogP contribution in [0.15, 0.2) is 28.9 Å². The van der Waals surface area contributed by atoms with E-state index < -0.39 is 0 Å². The number of aromatic nitrogens is 1. The van der Waals surface area contributed by atoms with E-state index >= 15 is 0 Å². The molecule has 0 atom stereocenters. The lowest BCUT2D eigenvalue weighted by molar-refractivity contribution is 0.101. The molecule has 112 valence electrons. The van der Waals surface area contributed by atoms with Gasteiger partial charge in [-0.3, -0.25) is 4.79 Å². The van der Waals surface area contributed by atoms with Crippen LogP contribution in [0, 0.1) is 13.8 Å². The van der Waals surface area contributed by atoms with Gasteiger partial charge < -0.3 is 15.6 Å². The van der Waals surface area contributed by atoms with Crippen LogP contribution in [0.2, 0.25) is 0 Å². The lowest BCUT2D eigenvalue weighted by atomic mass is 10.1. The molecule has 0 radical (unpaired) electrons. The molecule has 0 saturated heterocycles. The number of benzene rings is 1. The second-order valence-electron chi connectivity index (χ2n) is 5.22. The average Bonchev–Trinajstić information content (AvgIpc) is 2.75. The molecule has 4 nitrogen and oxygen atoms in total. The zero-order valence-corrected chi connectivity index (χ0v) is 14.1. The molecular weight excluding hydrogens is 330 g/mol. The highest BCUT2D eigenvalue weighted by Crippen LogP contribution is 2.26. The molecular formula is C16H20BrN3O. The Morgan fingerprint density at radius 1 is 1.29 bits per heavy atom. The average molecular weight is 350 g/mol. The first kappa shape index (κ1) is 15.6. The summed E-state index contributed by atoms with van der Waals surface area (Å²) in [5.74, 6) is -0.131. The number of carbonyl (C=O) groups excluding carboxylic acids is 1. The normalized spacial score (nSPS) is 10.7. The van der Waals surface area contributed by atoms with Crippen LogP contribution in [0.25, 0.3) is 0 Å². The van der Waals surface area contributed by atoms with Crippen molar-refractivity contribution in [3.8, 4) is 0 Å². The highest BCUT2D eigenvalue weighted by atomic mass is 79.9. The van der Waals surface area contributed by atoms with E-state index in [-0.39, 0.29) is 5.91 Å². The van der Waals surface area contributed by atoms with Gasteiger partial charge in [-0.2, -0.15) is 0 Å². The Morgan fingerprint density at radius 2 is 1.90 bits per heavy atom. The van der Waals surface area contributed by atoms with Crippen LogP contribution in [-0.4, -0.2) is 10.5 Å². The fourth-order valence-corrected chi connectivity index (χ4v) is 3.12. The minimum absolute atomic E-state index is 0.131. The molecule has 0 aliphatic carbocycles. The van der Waals surface area contributed by atoms with Crippen LogP contribution in [0.1, 0.15) is 35.0 Å². The monoisotopic (exact) mass is 349 g/mol. The van der Waals surface area contributed by atoms with Crippen molar-refractivity contribution in [2.24, 2.45) is 0 Å². The number of aryl methyl sites for hydroxylation is 3. The van der Waals surface area contributed by atoms with Crippen LogP contribution < -0.4 is 11.1 Å². The number of nitrogens with two attached hydrogens (primary N) is 1. The number of anilines is 2. The number of halogens is 1. The lowest BCUT2D eigenvalue weighted by Gasteiger charge is -2.13. The fraction of sp³-hybridized carbons (Fsp3) is 0.312. The highest BCUT2D eigenvalue weighted by Gasteiger charge is 2.15. The minimum Gasteiger partial charge on any atom is -0.397 e. The van der Waals surface area contributed by atoms with Gasteiger partial charge in [-0.15, -0.1) is 0 Å². The Balaban J connectivity index is 2.30. The van der Waals surface area contributed by atoms with Gasteiger partial charge in [-0.25, -0.2) is 0 Å². The molecule has 0 aliphatic rings. The van der Waals surface area contributed by atoms with Crippen molar-refractivity contribution in [2.75, 3.05) is 11.1 Å². The van der Waals surface area contributed by atoms with E-state index in [4.69, 9.17) is 5.73 Å². The maximum atomic E-state index is 12.5. The van der Waals surface area contributed by atoms with Gasteiger partial charge in [0.15, 0.2) is 0 Å². The SMILES string of the molecule is CCCn1cc(N)cc1C(=O)Nc1c(C)cc(Br)cc1C. The van der Waals surface area contributed by atoms with Gasteiger partial charge in [0.2, 0.25) is 0 Å². The van der Waals surface area contributed by atoms with Gasteiger partial charge in [-0.1, -0.05) is 22.9 Å². The number of nitrogens with one attached hydrogen (secondary N) is 1. The van der Waals surface area contributed by atoms with E-state index in [2.05, 4.69) is 28.2 Å². The minimum atomic E-state index is -0.131. The van der Waals surface area contributed by atoms with Crippen LogP contribution >= 0.6 is 15.9 Å². The number of rotatable bonds is 4. The molecule has 0 spiro atoms. The van der Waals surface area contributed by atoms with E-state index in [1.807, 2.05) is 30.5 Å². The van der Waals surface area contributed by atoms with Crippen molar-refractivity contribution >= 4 is 33.2 Å². The summed E-state index contributed by atoms with van der Waals surface area (Å²) in [4.78, 5) is 12.5. The van der Waals surface area contributed by atoms with Gasteiger partial charge in [0.05, 0.1) is 5.69 Å². The molecule has 0 saturated carbocycles. The Bertz CT molecular complexity index is 653. The molecule has 1 amide bonds. The quantitative estimate of drug-likeness (QED) is 0.872. The molecule has 0 fully saturated rings. The maximum Gasteiger partial charge on any atom is 0.272 e. The van der Waals surface area contributed by atoms with E-state index in [9.17, 15) is 4.79 Å². The number of nitrogen functional groups attached to an aromatic ring is 1. The topological polar surface area (TPSA) is 60.0 Å². The fourth-order valence-electron chi connectivity index (χ4n) is 2.43. The van der Waals surface area contributed by atoms with E-state index in [0.29, 0.717) is 11.4 Å². The van der Waals surface area contributed by atoms with Gasteiger partial charge in [0.25, 0.3) is 5.91 Å². The van der Waals surface area contributed by atoms with Gasteiger partial charge in [0.1, 0.15) is 5.69 Å². The van der Waals surface area contributed by atoms with Crippen LogP contribution in [-0.2, 0) is 6.54 Å². The van der Waals surface area contributed by atoms with E-state index in [1.54, 1.807) is 12.3 Å². The van der Waals surface area contributed by atoms with Crippen molar-refractivity contribution < 1.29 is 4.79 Å². The summed E-state index contributed by atoms with van der Waals surface area (Å²) in [6, 6.07) is 5.69. The molecule has 2 aromatic rings. The number of carbonyl (C=O) groups is 1. The summed E-state index contributed by atoms with van der Waals surface area (Å²) in [6.07, 6.45) is 2.75. The summed E-state index contributed by atoms with van der Waals surface area (Å²) >= 11 is 3.46. The Kier molecular flexibility index (Phi) is 4.73. The largest absolute Gasteiger partial charge is 0.397 e. The standard InChI is InChI=1S/C16H20BrN3O/c1-4-5-20-9-13(18)8-14(20)16(21)19-15-10(2)6-12(17)7-11(15)3/h6-9H,4-5,18H2,1-3H3,(H,19,21). The predicted octanol–water partition coefficient (Wildman–Crippen LogP) is 4.11. The summed E-state index contributed by atoms with van der Waals surface area (Å²) in [5.41, 5.74) is 9.92. The Morgan fingerprint density at radius 3 is 2.48 bits per heavy atom. The third-order valence-corrected chi connectivity index (χ3v) is 3.81.